The predicted molar refractivity (Wildman–Crippen MR) is 85.3 cm³/mol. The second-order valence-corrected chi connectivity index (χ2v) is 5.60. The topological polar surface area (TPSA) is 77.2 Å². The highest BCUT2D eigenvalue weighted by molar-refractivity contribution is 5.94. The van der Waals surface area contributed by atoms with E-state index in [9.17, 15) is 4.79 Å². The molecule has 1 heterocycles. The first-order valence-corrected chi connectivity index (χ1v) is 7.65. The largest absolute Gasteiger partial charge is 0.384 e. The second kappa shape index (κ2) is 9.34. The van der Waals surface area contributed by atoms with Gasteiger partial charge in [-0.3, -0.25) is 4.79 Å². The molecule has 0 aliphatic rings. The van der Waals surface area contributed by atoms with Crippen molar-refractivity contribution in [1.82, 2.24) is 10.3 Å². The molecular weight excluding hydrogens is 266 g/mol. The van der Waals surface area contributed by atoms with E-state index in [1.807, 2.05) is 6.07 Å². The van der Waals surface area contributed by atoms with E-state index in [0.717, 1.165) is 31.6 Å². The molecule has 5 heteroatoms. The SMILES string of the molecule is CCCc1cc(C(=O)NCCCOCC(C)C)cc(N)n1. The van der Waals surface area contributed by atoms with Gasteiger partial charge >= 0.3 is 0 Å². The lowest BCUT2D eigenvalue weighted by molar-refractivity contribution is 0.0925. The molecule has 0 saturated heterocycles. The van der Waals surface area contributed by atoms with Crippen LogP contribution in [0.2, 0.25) is 0 Å². The Morgan fingerprint density at radius 3 is 2.86 bits per heavy atom. The van der Waals surface area contributed by atoms with Crippen molar-refractivity contribution in [2.75, 3.05) is 25.5 Å². The monoisotopic (exact) mass is 293 g/mol. The number of anilines is 1. The smallest absolute Gasteiger partial charge is 0.251 e. The van der Waals surface area contributed by atoms with Gasteiger partial charge in [0, 0.05) is 31.0 Å². The van der Waals surface area contributed by atoms with Crippen LogP contribution in [0.1, 0.15) is 49.7 Å². The predicted octanol–water partition coefficient (Wildman–Crippen LogP) is 2.41. The quantitative estimate of drug-likeness (QED) is 0.685. The number of nitrogens with one attached hydrogen (secondary N) is 1. The third-order valence-electron chi connectivity index (χ3n) is 2.87. The minimum Gasteiger partial charge on any atom is -0.384 e. The summed E-state index contributed by atoms with van der Waals surface area (Å²) in [6, 6.07) is 3.42. The minimum atomic E-state index is -0.106. The third-order valence-corrected chi connectivity index (χ3v) is 2.87. The van der Waals surface area contributed by atoms with Gasteiger partial charge in [0.15, 0.2) is 0 Å². The highest BCUT2D eigenvalue weighted by Gasteiger charge is 2.08. The summed E-state index contributed by atoms with van der Waals surface area (Å²) >= 11 is 0. The van der Waals surface area contributed by atoms with Crippen molar-refractivity contribution in [3.05, 3.63) is 23.4 Å². The number of nitrogens with two attached hydrogens (primary N) is 1. The van der Waals surface area contributed by atoms with Crippen LogP contribution < -0.4 is 11.1 Å². The van der Waals surface area contributed by atoms with Crippen molar-refractivity contribution in [1.29, 1.82) is 0 Å². The molecule has 0 aliphatic carbocycles. The number of carbonyl (C=O) groups is 1. The van der Waals surface area contributed by atoms with Gasteiger partial charge in [0.25, 0.3) is 5.91 Å². The number of aromatic nitrogens is 1. The highest BCUT2D eigenvalue weighted by atomic mass is 16.5. The van der Waals surface area contributed by atoms with Crippen LogP contribution in [0.3, 0.4) is 0 Å². The fraction of sp³-hybridized carbons (Fsp3) is 0.625. The normalized spacial score (nSPS) is 10.9. The van der Waals surface area contributed by atoms with E-state index in [1.54, 1.807) is 6.07 Å². The van der Waals surface area contributed by atoms with Crippen LogP contribution in [0.25, 0.3) is 0 Å². The number of ether oxygens (including phenoxy) is 1. The molecule has 1 rings (SSSR count). The summed E-state index contributed by atoms with van der Waals surface area (Å²) in [5.41, 5.74) is 7.18. The molecule has 0 aliphatic heterocycles. The molecule has 0 fully saturated rings. The first kappa shape index (κ1) is 17.4. The van der Waals surface area contributed by atoms with E-state index in [1.165, 1.54) is 0 Å². The molecule has 118 valence electrons. The molecule has 0 radical (unpaired) electrons. The molecule has 1 amide bonds. The summed E-state index contributed by atoms with van der Waals surface area (Å²) in [7, 11) is 0. The van der Waals surface area contributed by atoms with E-state index in [2.05, 4.69) is 31.1 Å². The standard InChI is InChI=1S/C16H27N3O2/c1-4-6-14-9-13(10-15(17)19-14)16(20)18-7-5-8-21-11-12(2)3/h9-10,12H,4-8,11H2,1-3H3,(H2,17,19)(H,18,20). The molecule has 0 atom stereocenters. The maximum Gasteiger partial charge on any atom is 0.251 e. The number of aryl methyl sites for hydroxylation is 1. The average molecular weight is 293 g/mol. The van der Waals surface area contributed by atoms with Gasteiger partial charge in [0.05, 0.1) is 0 Å². The lowest BCUT2D eigenvalue weighted by Gasteiger charge is -2.09. The average Bonchev–Trinajstić information content (AvgIpc) is 2.41. The molecule has 1 aromatic heterocycles. The number of carbonyl (C=O) groups excluding carboxylic acids is 1. The fourth-order valence-corrected chi connectivity index (χ4v) is 1.92. The number of nitrogen functional groups attached to an aromatic ring is 1. The minimum absolute atomic E-state index is 0.106. The van der Waals surface area contributed by atoms with Crippen molar-refractivity contribution in [3.8, 4) is 0 Å². The van der Waals surface area contributed by atoms with Crippen LogP contribution >= 0.6 is 0 Å². The Labute approximate surface area is 127 Å². The molecule has 0 aromatic carbocycles. The Hall–Kier alpha value is -1.62. The van der Waals surface area contributed by atoms with Crippen LogP contribution in [-0.2, 0) is 11.2 Å². The molecule has 5 nitrogen and oxygen atoms in total. The van der Waals surface area contributed by atoms with Gasteiger partial charge in [-0.2, -0.15) is 0 Å². The number of rotatable bonds is 9. The van der Waals surface area contributed by atoms with Gasteiger partial charge < -0.3 is 15.8 Å². The molecule has 0 saturated carbocycles. The zero-order chi connectivity index (χ0) is 15.7. The van der Waals surface area contributed by atoms with Gasteiger partial charge in [-0.05, 0) is 30.9 Å². The van der Waals surface area contributed by atoms with Crippen molar-refractivity contribution in [3.63, 3.8) is 0 Å². The van der Waals surface area contributed by atoms with E-state index < -0.39 is 0 Å². The summed E-state index contributed by atoms with van der Waals surface area (Å²) in [5, 5.41) is 2.88. The van der Waals surface area contributed by atoms with Crippen LogP contribution in [0.5, 0.6) is 0 Å². The first-order valence-electron chi connectivity index (χ1n) is 7.65. The lowest BCUT2D eigenvalue weighted by atomic mass is 10.1. The molecule has 1 aromatic rings. The van der Waals surface area contributed by atoms with Crippen LogP contribution in [0, 0.1) is 5.92 Å². The number of pyridine rings is 1. The van der Waals surface area contributed by atoms with Crippen molar-refractivity contribution >= 4 is 11.7 Å². The summed E-state index contributed by atoms with van der Waals surface area (Å²) < 4.78 is 5.47. The maximum atomic E-state index is 12.1. The van der Waals surface area contributed by atoms with Gasteiger partial charge in [-0.1, -0.05) is 27.2 Å². The third kappa shape index (κ3) is 7.09. The van der Waals surface area contributed by atoms with Crippen LogP contribution in [-0.4, -0.2) is 30.6 Å². The van der Waals surface area contributed by atoms with E-state index in [-0.39, 0.29) is 5.91 Å². The number of hydrogen-bond acceptors (Lipinski definition) is 4. The molecule has 0 bridgehead atoms. The molecule has 0 spiro atoms. The van der Waals surface area contributed by atoms with Crippen molar-refractivity contribution in [2.24, 2.45) is 5.92 Å². The second-order valence-electron chi connectivity index (χ2n) is 5.60. The number of hydrogen-bond donors (Lipinski definition) is 2. The molecule has 3 N–H and O–H groups in total. The summed E-state index contributed by atoms with van der Waals surface area (Å²) in [6.45, 7) is 8.32. The fourth-order valence-electron chi connectivity index (χ4n) is 1.92. The molecule has 21 heavy (non-hydrogen) atoms. The number of nitrogens with zero attached hydrogens (tertiary/aromatic N) is 1. The van der Waals surface area contributed by atoms with Crippen molar-refractivity contribution < 1.29 is 9.53 Å². The summed E-state index contributed by atoms with van der Waals surface area (Å²) in [6.07, 6.45) is 2.61. The van der Waals surface area contributed by atoms with Gasteiger partial charge in [-0.15, -0.1) is 0 Å². The summed E-state index contributed by atoms with van der Waals surface area (Å²) in [5.74, 6) is 0.827. The van der Waals surface area contributed by atoms with Crippen LogP contribution in [0.4, 0.5) is 5.82 Å². The zero-order valence-corrected chi connectivity index (χ0v) is 13.3. The molecule has 0 unspecified atom stereocenters. The molecular formula is C16H27N3O2. The summed E-state index contributed by atoms with van der Waals surface area (Å²) in [4.78, 5) is 16.3. The van der Waals surface area contributed by atoms with Gasteiger partial charge in [0.2, 0.25) is 0 Å². The van der Waals surface area contributed by atoms with Crippen molar-refractivity contribution in [2.45, 2.75) is 40.0 Å². The van der Waals surface area contributed by atoms with E-state index in [4.69, 9.17) is 10.5 Å². The Morgan fingerprint density at radius 2 is 2.19 bits per heavy atom. The number of amides is 1. The van der Waals surface area contributed by atoms with E-state index in [0.29, 0.717) is 30.5 Å². The Bertz CT molecular complexity index is 447. The van der Waals surface area contributed by atoms with Gasteiger partial charge in [0.1, 0.15) is 5.82 Å². The first-order chi connectivity index (χ1) is 10.0. The Morgan fingerprint density at radius 1 is 1.43 bits per heavy atom. The highest BCUT2D eigenvalue weighted by Crippen LogP contribution is 2.09. The lowest BCUT2D eigenvalue weighted by Crippen LogP contribution is -2.25. The van der Waals surface area contributed by atoms with Crippen LogP contribution in [0.15, 0.2) is 12.1 Å². The Balaban J connectivity index is 2.38. The van der Waals surface area contributed by atoms with Gasteiger partial charge in [-0.25, -0.2) is 4.98 Å². The Kier molecular flexibility index (Phi) is 7.75. The maximum absolute atomic E-state index is 12.1. The zero-order valence-electron chi connectivity index (χ0n) is 13.3. The van der Waals surface area contributed by atoms with E-state index >= 15 is 0 Å².